The summed E-state index contributed by atoms with van der Waals surface area (Å²) in [6.07, 6.45) is 2.76. The molecule has 0 spiro atoms. The molecule has 1 aliphatic rings. The second kappa shape index (κ2) is 5.77. The molecule has 0 aliphatic carbocycles. The standard InChI is InChI=1S/C16H18FN3O/c1-11-18-8-13-10-20(7-6-14(13)19-11)9-12-4-3-5-15(21-2)16(12)17/h3-5,8H,6-7,9-10H2,1-2H3. The van der Waals surface area contributed by atoms with Gasteiger partial charge >= 0.3 is 0 Å². The van der Waals surface area contributed by atoms with Crippen LogP contribution in [0.2, 0.25) is 0 Å². The number of halogens is 1. The van der Waals surface area contributed by atoms with Gasteiger partial charge in [0.1, 0.15) is 5.82 Å². The highest BCUT2D eigenvalue weighted by Crippen LogP contribution is 2.23. The Bertz CT molecular complexity index is 660. The van der Waals surface area contributed by atoms with Crippen molar-refractivity contribution in [1.82, 2.24) is 14.9 Å². The van der Waals surface area contributed by atoms with E-state index in [1.54, 1.807) is 12.1 Å². The maximum Gasteiger partial charge on any atom is 0.169 e. The molecule has 0 bridgehead atoms. The number of fused-ring (bicyclic) bond motifs is 1. The van der Waals surface area contributed by atoms with Gasteiger partial charge in [-0.2, -0.15) is 0 Å². The molecule has 0 radical (unpaired) electrons. The van der Waals surface area contributed by atoms with E-state index in [1.807, 2.05) is 19.2 Å². The van der Waals surface area contributed by atoms with Gasteiger partial charge in [-0.05, 0) is 13.0 Å². The van der Waals surface area contributed by atoms with Crippen LogP contribution in [0.15, 0.2) is 24.4 Å². The second-order valence-electron chi connectivity index (χ2n) is 5.28. The number of aromatic nitrogens is 2. The highest BCUT2D eigenvalue weighted by Gasteiger charge is 2.19. The summed E-state index contributed by atoms with van der Waals surface area (Å²) >= 11 is 0. The molecular formula is C16H18FN3O. The Morgan fingerprint density at radius 2 is 2.24 bits per heavy atom. The molecular weight excluding hydrogens is 269 g/mol. The first-order valence-corrected chi connectivity index (χ1v) is 7.02. The number of hydrogen-bond donors (Lipinski definition) is 0. The number of rotatable bonds is 3. The lowest BCUT2D eigenvalue weighted by atomic mass is 10.1. The third-order valence-electron chi connectivity index (χ3n) is 3.79. The van der Waals surface area contributed by atoms with E-state index in [1.165, 1.54) is 7.11 Å². The van der Waals surface area contributed by atoms with Gasteiger partial charge in [-0.15, -0.1) is 0 Å². The summed E-state index contributed by atoms with van der Waals surface area (Å²) in [5.41, 5.74) is 2.91. The molecule has 0 saturated heterocycles. The highest BCUT2D eigenvalue weighted by molar-refractivity contribution is 5.31. The fourth-order valence-corrected chi connectivity index (χ4v) is 2.69. The fraction of sp³-hybridized carbons (Fsp3) is 0.375. The molecule has 3 rings (SSSR count). The minimum Gasteiger partial charge on any atom is -0.494 e. The van der Waals surface area contributed by atoms with Gasteiger partial charge in [-0.3, -0.25) is 4.90 Å². The molecule has 0 saturated carbocycles. The molecule has 0 amide bonds. The van der Waals surface area contributed by atoms with Crippen LogP contribution >= 0.6 is 0 Å². The first kappa shape index (κ1) is 13.9. The predicted molar refractivity (Wildman–Crippen MR) is 77.5 cm³/mol. The zero-order valence-corrected chi connectivity index (χ0v) is 12.3. The molecule has 1 aliphatic heterocycles. The van der Waals surface area contributed by atoms with E-state index >= 15 is 0 Å². The van der Waals surface area contributed by atoms with Crippen molar-refractivity contribution in [1.29, 1.82) is 0 Å². The van der Waals surface area contributed by atoms with E-state index in [-0.39, 0.29) is 5.82 Å². The minimum absolute atomic E-state index is 0.272. The molecule has 110 valence electrons. The van der Waals surface area contributed by atoms with Crippen molar-refractivity contribution in [3.05, 3.63) is 52.9 Å². The molecule has 2 heterocycles. The van der Waals surface area contributed by atoms with E-state index in [2.05, 4.69) is 14.9 Å². The highest BCUT2D eigenvalue weighted by atomic mass is 19.1. The average Bonchev–Trinajstić information content (AvgIpc) is 2.49. The average molecular weight is 287 g/mol. The molecule has 4 nitrogen and oxygen atoms in total. The molecule has 0 atom stereocenters. The van der Waals surface area contributed by atoms with Crippen LogP contribution in [0.1, 0.15) is 22.6 Å². The predicted octanol–water partition coefficient (Wildman–Crippen LogP) is 2.49. The van der Waals surface area contributed by atoms with Crippen LogP contribution in [0.4, 0.5) is 4.39 Å². The summed E-state index contributed by atoms with van der Waals surface area (Å²) in [5, 5.41) is 0. The summed E-state index contributed by atoms with van der Waals surface area (Å²) in [6.45, 7) is 4.10. The van der Waals surface area contributed by atoms with Crippen molar-refractivity contribution in [2.24, 2.45) is 0 Å². The molecule has 5 heteroatoms. The number of hydrogen-bond acceptors (Lipinski definition) is 4. The molecule has 0 fully saturated rings. The SMILES string of the molecule is COc1cccc(CN2CCc3nc(C)ncc3C2)c1F. The molecule has 0 N–H and O–H groups in total. The van der Waals surface area contributed by atoms with Crippen LogP contribution in [-0.4, -0.2) is 28.5 Å². The van der Waals surface area contributed by atoms with E-state index < -0.39 is 0 Å². The Hall–Kier alpha value is -2.01. The zero-order chi connectivity index (χ0) is 14.8. The molecule has 1 aromatic heterocycles. The summed E-state index contributed by atoms with van der Waals surface area (Å²) in [6, 6.07) is 5.27. The van der Waals surface area contributed by atoms with Crippen LogP contribution in [0.25, 0.3) is 0 Å². The topological polar surface area (TPSA) is 38.2 Å². The lowest BCUT2D eigenvalue weighted by molar-refractivity contribution is 0.238. The van der Waals surface area contributed by atoms with Gasteiger partial charge < -0.3 is 4.74 Å². The maximum absolute atomic E-state index is 14.2. The van der Waals surface area contributed by atoms with Crippen molar-refractivity contribution in [2.75, 3.05) is 13.7 Å². The Morgan fingerprint density at radius 1 is 1.38 bits per heavy atom. The zero-order valence-electron chi connectivity index (χ0n) is 12.3. The van der Waals surface area contributed by atoms with Gasteiger partial charge in [0.05, 0.1) is 7.11 Å². The second-order valence-corrected chi connectivity index (χ2v) is 5.28. The minimum atomic E-state index is -0.272. The van der Waals surface area contributed by atoms with Gasteiger partial charge in [-0.1, -0.05) is 12.1 Å². The van der Waals surface area contributed by atoms with Crippen molar-refractivity contribution < 1.29 is 9.13 Å². The third-order valence-corrected chi connectivity index (χ3v) is 3.79. The van der Waals surface area contributed by atoms with Crippen molar-refractivity contribution in [2.45, 2.75) is 26.4 Å². The normalized spacial score (nSPS) is 14.8. The van der Waals surface area contributed by atoms with Gasteiger partial charge in [0.2, 0.25) is 0 Å². The number of methoxy groups -OCH3 is 1. The quantitative estimate of drug-likeness (QED) is 0.869. The van der Waals surface area contributed by atoms with Gasteiger partial charge in [0.25, 0.3) is 0 Å². The van der Waals surface area contributed by atoms with Crippen LogP contribution in [0.3, 0.4) is 0 Å². The monoisotopic (exact) mass is 287 g/mol. The number of ether oxygens (including phenoxy) is 1. The van der Waals surface area contributed by atoms with Crippen LogP contribution < -0.4 is 4.74 Å². The first-order chi connectivity index (χ1) is 10.2. The molecule has 2 aromatic rings. The summed E-state index contributed by atoms with van der Waals surface area (Å²) in [5.74, 6) is 0.830. The van der Waals surface area contributed by atoms with E-state index in [9.17, 15) is 4.39 Å². The van der Waals surface area contributed by atoms with Gasteiger partial charge in [0, 0.05) is 49.1 Å². The number of nitrogens with zero attached hydrogens (tertiary/aromatic N) is 3. The lowest BCUT2D eigenvalue weighted by Crippen LogP contribution is -2.31. The Morgan fingerprint density at radius 3 is 3.05 bits per heavy atom. The van der Waals surface area contributed by atoms with Crippen molar-refractivity contribution in [3.8, 4) is 5.75 Å². The van der Waals surface area contributed by atoms with E-state index in [0.717, 1.165) is 36.6 Å². The van der Waals surface area contributed by atoms with Crippen LogP contribution in [0.5, 0.6) is 5.75 Å². The summed E-state index contributed by atoms with van der Waals surface area (Å²) < 4.78 is 19.2. The Balaban J connectivity index is 1.77. The fourth-order valence-electron chi connectivity index (χ4n) is 2.69. The summed E-state index contributed by atoms with van der Waals surface area (Å²) in [7, 11) is 1.49. The van der Waals surface area contributed by atoms with Crippen molar-refractivity contribution >= 4 is 0 Å². The molecule has 21 heavy (non-hydrogen) atoms. The molecule has 1 aromatic carbocycles. The van der Waals surface area contributed by atoms with Crippen LogP contribution in [0, 0.1) is 12.7 Å². The lowest BCUT2D eigenvalue weighted by Gasteiger charge is -2.28. The van der Waals surface area contributed by atoms with E-state index in [4.69, 9.17) is 4.74 Å². The van der Waals surface area contributed by atoms with Gasteiger partial charge in [-0.25, -0.2) is 14.4 Å². The van der Waals surface area contributed by atoms with Crippen molar-refractivity contribution in [3.63, 3.8) is 0 Å². The molecule has 0 unspecified atom stereocenters. The number of aryl methyl sites for hydroxylation is 1. The summed E-state index contributed by atoms with van der Waals surface area (Å²) in [4.78, 5) is 10.9. The Kier molecular flexibility index (Phi) is 3.84. The Labute approximate surface area is 123 Å². The van der Waals surface area contributed by atoms with E-state index in [0.29, 0.717) is 17.9 Å². The third kappa shape index (κ3) is 2.88. The van der Waals surface area contributed by atoms with Crippen LogP contribution in [-0.2, 0) is 19.5 Å². The first-order valence-electron chi connectivity index (χ1n) is 7.02. The largest absolute Gasteiger partial charge is 0.494 e. The van der Waals surface area contributed by atoms with Gasteiger partial charge in [0.15, 0.2) is 11.6 Å². The maximum atomic E-state index is 14.2. The smallest absolute Gasteiger partial charge is 0.169 e. The number of benzene rings is 1.